The van der Waals surface area contributed by atoms with E-state index in [-0.39, 0.29) is 31.2 Å². The Balaban J connectivity index is 1.23. The van der Waals surface area contributed by atoms with Crippen LogP contribution in [0.4, 0.5) is 5.13 Å². The first kappa shape index (κ1) is 34.2. The number of carbonyl (C=O) groups is 3. The summed E-state index contributed by atoms with van der Waals surface area (Å²) in [4.78, 5) is 53.2. The fourth-order valence-electron chi connectivity index (χ4n) is 6.84. The third-order valence-electron chi connectivity index (χ3n) is 10.3. The number of sulfonamides is 1. The third-order valence-corrected chi connectivity index (χ3v) is 13.0. The number of thiazole rings is 1. The number of allylic oxidation sites excluding steroid dienone is 1. The molecule has 4 aliphatic rings. The number of carbonyl (C=O) groups excluding carboxylic acids is 3. The lowest BCUT2D eigenvalue weighted by molar-refractivity contribution is -0.141. The molecule has 2 aliphatic carbocycles. The highest BCUT2D eigenvalue weighted by Gasteiger charge is 2.62. The fraction of sp³-hybridized carbons (Fsp3) is 0.472. The van der Waals surface area contributed by atoms with Gasteiger partial charge in [-0.15, -0.1) is 17.9 Å². The number of fused-ring (bicyclic) bond motifs is 5. The molecule has 1 aromatic carbocycles. The van der Waals surface area contributed by atoms with Gasteiger partial charge >= 0.3 is 0 Å². The van der Waals surface area contributed by atoms with Gasteiger partial charge < -0.3 is 20.3 Å². The lowest BCUT2D eigenvalue weighted by atomic mass is 9.97. The molecule has 2 saturated carbocycles. The first-order valence-corrected chi connectivity index (χ1v) is 19.7. The van der Waals surface area contributed by atoms with Crippen molar-refractivity contribution in [2.45, 2.75) is 87.8 Å². The largest absolute Gasteiger partial charge is 0.472 e. The molecule has 7 rings (SSSR count). The van der Waals surface area contributed by atoms with Gasteiger partial charge in [0.1, 0.15) is 23.7 Å². The van der Waals surface area contributed by atoms with Crippen molar-refractivity contribution >= 4 is 61.1 Å². The van der Waals surface area contributed by atoms with Crippen molar-refractivity contribution in [2.75, 3.05) is 11.9 Å². The summed E-state index contributed by atoms with van der Waals surface area (Å²) in [6.45, 7) is 7.89. The Bertz CT molecular complexity index is 1980. The number of nitrogens with zero attached hydrogens (tertiary/aromatic N) is 3. The number of aryl methyl sites for hydroxylation is 1. The zero-order valence-corrected chi connectivity index (χ0v) is 29.8. The zero-order valence-electron chi connectivity index (χ0n) is 28.1. The first-order valence-electron chi connectivity index (χ1n) is 17.3. The Morgan fingerprint density at radius 2 is 2.10 bits per heavy atom. The van der Waals surface area contributed by atoms with Crippen molar-refractivity contribution in [1.82, 2.24) is 24.9 Å². The Morgan fingerprint density at radius 1 is 1.28 bits per heavy atom. The molecule has 2 aliphatic heterocycles. The number of ether oxygens (including phenoxy) is 1. The van der Waals surface area contributed by atoms with Gasteiger partial charge in [0.2, 0.25) is 27.7 Å². The van der Waals surface area contributed by atoms with Gasteiger partial charge in [0.05, 0.1) is 17.5 Å². The highest BCUT2D eigenvalue weighted by atomic mass is 32.2. The normalized spacial score (nSPS) is 27.7. The van der Waals surface area contributed by atoms with Gasteiger partial charge in [-0.1, -0.05) is 50.6 Å². The number of nitrogens with one attached hydrogen (secondary N) is 3. The molecular weight excluding hydrogens is 677 g/mol. The maximum Gasteiger partial charge on any atom is 0.259 e. The molecule has 6 atom stereocenters. The van der Waals surface area contributed by atoms with Crippen LogP contribution < -0.4 is 20.1 Å². The molecule has 0 radical (unpaired) electrons. The number of pyridine rings is 1. The minimum Gasteiger partial charge on any atom is -0.472 e. The number of benzene rings is 1. The molecule has 0 spiro atoms. The summed E-state index contributed by atoms with van der Waals surface area (Å²) < 4.78 is 34.1. The highest BCUT2D eigenvalue weighted by molar-refractivity contribution is 7.91. The van der Waals surface area contributed by atoms with Crippen molar-refractivity contribution in [3.8, 4) is 5.88 Å². The van der Waals surface area contributed by atoms with Crippen LogP contribution in [0, 0.1) is 11.8 Å². The molecule has 3 aromatic rings. The summed E-state index contributed by atoms with van der Waals surface area (Å²) in [5.74, 6) is -1.80. The average Bonchev–Trinajstić information content (AvgIpc) is 4.00. The zero-order chi connectivity index (χ0) is 35.2. The summed E-state index contributed by atoms with van der Waals surface area (Å²) in [7, 11) is -3.85. The van der Waals surface area contributed by atoms with Gasteiger partial charge in [0.25, 0.3) is 5.91 Å². The van der Waals surface area contributed by atoms with Gasteiger partial charge in [-0.25, -0.2) is 18.4 Å². The molecule has 3 N–H and O–H groups in total. The highest BCUT2D eigenvalue weighted by Crippen LogP contribution is 2.45. The van der Waals surface area contributed by atoms with Crippen LogP contribution in [0.2, 0.25) is 0 Å². The second kappa shape index (κ2) is 13.4. The second-order valence-corrected chi connectivity index (χ2v) is 16.7. The summed E-state index contributed by atoms with van der Waals surface area (Å²) in [6.07, 6.45) is 10.3. The molecular formula is C36H42N6O6S2. The van der Waals surface area contributed by atoms with E-state index in [1.807, 2.05) is 43.5 Å². The Hall–Kier alpha value is -4.30. The number of aromatic nitrogens is 2. The van der Waals surface area contributed by atoms with Crippen LogP contribution in [0.25, 0.3) is 16.8 Å². The first-order chi connectivity index (χ1) is 24.0. The predicted octanol–water partition coefficient (Wildman–Crippen LogP) is 4.20. The van der Waals surface area contributed by atoms with E-state index in [4.69, 9.17) is 9.72 Å². The van der Waals surface area contributed by atoms with E-state index in [0.29, 0.717) is 30.3 Å². The van der Waals surface area contributed by atoms with Crippen molar-refractivity contribution in [3.05, 3.63) is 65.8 Å². The topological polar surface area (TPSA) is 160 Å². The minimum absolute atomic E-state index is 0.104. The van der Waals surface area contributed by atoms with Crippen LogP contribution in [0.1, 0.15) is 63.6 Å². The van der Waals surface area contributed by atoms with Crippen molar-refractivity contribution in [1.29, 1.82) is 0 Å². The summed E-state index contributed by atoms with van der Waals surface area (Å²) >= 11 is 1.44. The van der Waals surface area contributed by atoms with Gasteiger partial charge in [-0.05, 0) is 61.1 Å². The molecule has 3 amide bonds. The van der Waals surface area contributed by atoms with Crippen LogP contribution in [-0.4, -0.2) is 76.5 Å². The predicted molar refractivity (Wildman–Crippen MR) is 192 cm³/mol. The van der Waals surface area contributed by atoms with Crippen LogP contribution >= 0.6 is 11.3 Å². The lowest BCUT2D eigenvalue weighted by Crippen LogP contribution is -2.58. The molecule has 264 valence electrons. The molecule has 12 nitrogen and oxygen atoms in total. The molecule has 2 aromatic heterocycles. The van der Waals surface area contributed by atoms with Crippen LogP contribution in [0.15, 0.2) is 54.6 Å². The van der Waals surface area contributed by atoms with Crippen molar-refractivity contribution in [3.63, 3.8) is 0 Å². The lowest BCUT2D eigenvalue weighted by Gasteiger charge is -2.32. The van der Waals surface area contributed by atoms with Crippen LogP contribution in [0.5, 0.6) is 5.88 Å². The number of hydrogen-bond donors (Lipinski definition) is 3. The number of anilines is 1. The molecule has 50 heavy (non-hydrogen) atoms. The quantitative estimate of drug-likeness (QED) is 0.290. The van der Waals surface area contributed by atoms with E-state index >= 15 is 0 Å². The Morgan fingerprint density at radius 3 is 2.84 bits per heavy atom. The van der Waals surface area contributed by atoms with Crippen molar-refractivity contribution < 1.29 is 27.5 Å². The average molecular weight is 719 g/mol. The number of hydrogen-bond acceptors (Lipinski definition) is 10. The maximum atomic E-state index is 14.6. The molecule has 6 bridgehead atoms. The van der Waals surface area contributed by atoms with Gasteiger partial charge in [-0.2, -0.15) is 0 Å². The van der Waals surface area contributed by atoms with E-state index in [2.05, 4.69) is 39.1 Å². The van der Waals surface area contributed by atoms with E-state index in [1.54, 1.807) is 12.3 Å². The Labute approximate surface area is 295 Å². The Kier molecular flexibility index (Phi) is 9.18. The van der Waals surface area contributed by atoms with Gasteiger partial charge in [0, 0.05) is 29.3 Å². The monoisotopic (exact) mass is 718 g/mol. The molecule has 14 heteroatoms. The SMILES string of the molecule is C=C[C@@H]1C[C@]1(NC(=O)[C@@H]1C[C@@H]2CN1C(=O)[C@H]([C@H](C)CC)Nc1nc(cs1)CC/C=C\c1ccc3ccnc(c3c1)O2)C(=O)NS(=O)(=O)C1CC1. The maximum absolute atomic E-state index is 14.6. The second-order valence-electron chi connectivity index (χ2n) is 13.9. The van der Waals surface area contributed by atoms with E-state index < -0.39 is 56.7 Å². The molecule has 3 fully saturated rings. The molecule has 1 saturated heterocycles. The summed E-state index contributed by atoms with van der Waals surface area (Å²) in [6, 6.07) is 6.28. The van der Waals surface area contributed by atoms with E-state index in [9.17, 15) is 22.8 Å². The van der Waals surface area contributed by atoms with Gasteiger partial charge in [-0.3, -0.25) is 19.1 Å². The van der Waals surface area contributed by atoms with E-state index in [0.717, 1.165) is 34.9 Å². The minimum atomic E-state index is -3.85. The summed E-state index contributed by atoms with van der Waals surface area (Å²) in [5, 5.41) is 10.0. The summed E-state index contributed by atoms with van der Waals surface area (Å²) in [5.41, 5.74) is 0.430. The standard InChI is InChI=1S/C36H42N6O6S2/c1-4-21(3)30-33(44)42-19-26(17-29(42)31(43)40-36(18-24(36)5-2)34(45)41-50(46,47)27-12-13-27)48-32-28-16-22(10-11-23(28)14-15-37-32)8-6-7-9-25-20-49-35(38-25)39-30/h5-6,8,10-11,14-16,20-21,24,26-27,29-30H,2,4,7,9,12-13,17-19H2,1,3H3,(H,38,39)(H,40,43)(H,41,45)/b8-6-/t21-,24-,26-,29+,30+,36-/m1/s1. The fourth-order valence-corrected chi connectivity index (χ4v) is 8.99. The third kappa shape index (κ3) is 6.74. The number of rotatable bonds is 8. The molecule has 0 unspecified atom stereocenters. The van der Waals surface area contributed by atoms with Crippen LogP contribution in [0.3, 0.4) is 0 Å². The van der Waals surface area contributed by atoms with Gasteiger partial charge in [0.15, 0.2) is 5.13 Å². The van der Waals surface area contributed by atoms with Crippen LogP contribution in [-0.2, 0) is 30.8 Å². The smallest absolute Gasteiger partial charge is 0.259 e. The number of amides is 3. The van der Waals surface area contributed by atoms with Crippen molar-refractivity contribution in [2.24, 2.45) is 11.8 Å². The molecule has 4 heterocycles. The van der Waals surface area contributed by atoms with E-state index in [1.165, 1.54) is 16.2 Å².